The lowest BCUT2D eigenvalue weighted by Crippen LogP contribution is -2.45. The van der Waals surface area contributed by atoms with Gasteiger partial charge in [-0.3, -0.25) is 0 Å². The lowest BCUT2D eigenvalue weighted by atomic mass is 10.1. The highest BCUT2D eigenvalue weighted by atomic mass is 15.1. The summed E-state index contributed by atoms with van der Waals surface area (Å²) in [6.45, 7) is 11.6. The Balaban J connectivity index is 3.63. The quantitative estimate of drug-likeness (QED) is 0.639. The molecule has 2 nitrogen and oxygen atoms in total. The standard InChI is InChI=1S/C8H20N2/c1-5-10(6-2)7-8(3,4)9/h5-7,9H2,1-4H3. The first-order valence-corrected chi connectivity index (χ1v) is 4.01. The zero-order valence-corrected chi connectivity index (χ0v) is 7.65. The van der Waals surface area contributed by atoms with Crippen LogP contribution in [0.3, 0.4) is 0 Å². The summed E-state index contributed by atoms with van der Waals surface area (Å²) in [7, 11) is 0. The van der Waals surface area contributed by atoms with Crippen molar-refractivity contribution in [2.24, 2.45) is 5.73 Å². The minimum Gasteiger partial charge on any atom is -0.324 e. The highest BCUT2D eigenvalue weighted by molar-refractivity contribution is 4.75. The molecular formula is C8H20N2. The van der Waals surface area contributed by atoms with Crippen molar-refractivity contribution >= 4 is 0 Å². The van der Waals surface area contributed by atoms with E-state index in [4.69, 9.17) is 5.73 Å². The van der Waals surface area contributed by atoms with E-state index in [1.807, 2.05) is 0 Å². The lowest BCUT2D eigenvalue weighted by molar-refractivity contribution is 0.247. The first kappa shape index (κ1) is 9.92. The molecule has 0 spiro atoms. The van der Waals surface area contributed by atoms with Gasteiger partial charge in [0.2, 0.25) is 0 Å². The Hall–Kier alpha value is -0.0800. The first-order valence-electron chi connectivity index (χ1n) is 4.01. The van der Waals surface area contributed by atoms with E-state index >= 15 is 0 Å². The molecule has 0 bridgehead atoms. The van der Waals surface area contributed by atoms with Gasteiger partial charge in [-0.15, -0.1) is 0 Å². The largest absolute Gasteiger partial charge is 0.324 e. The van der Waals surface area contributed by atoms with Gasteiger partial charge in [0.15, 0.2) is 0 Å². The second-order valence-electron chi connectivity index (χ2n) is 3.45. The summed E-state index contributed by atoms with van der Waals surface area (Å²) in [5, 5.41) is 0. The molecule has 0 aliphatic heterocycles. The first-order chi connectivity index (χ1) is 4.49. The van der Waals surface area contributed by atoms with Crippen LogP contribution in [0.15, 0.2) is 0 Å². The van der Waals surface area contributed by atoms with Gasteiger partial charge in [0.25, 0.3) is 0 Å². The van der Waals surface area contributed by atoms with Gasteiger partial charge < -0.3 is 10.6 Å². The number of nitrogens with two attached hydrogens (primary N) is 1. The maximum atomic E-state index is 5.85. The van der Waals surface area contributed by atoms with Crippen LogP contribution in [0.25, 0.3) is 0 Å². The minimum absolute atomic E-state index is 0.0496. The van der Waals surface area contributed by atoms with Gasteiger partial charge in [-0.1, -0.05) is 13.8 Å². The zero-order valence-electron chi connectivity index (χ0n) is 7.65. The van der Waals surface area contributed by atoms with E-state index in [2.05, 4.69) is 32.6 Å². The maximum Gasteiger partial charge on any atom is 0.0226 e. The molecule has 62 valence electrons. The van der Waals surface area contributed by atoms with E-state index in [-0.39, 0.29) is 5.54 Å². The Kier molecular flexibility index (Phi) is 3.91. The molecule has 0 saturated carbocycles. The van der Waals surface area contributed by atoms with Crippen LogP contribution in [-0.2, 0) is 0 Å². The number of hydrogen-bond donors (Lipinski definition) is 1. The Bertz CT molecular complexity index is 79.7. The van der Waals surface area contributed by atoms with E-state index in [1.54, 1.807) is 0 Å². The average molecular weight is 144 g/mol. The number of likely N-dealkylation sites (N-methyl/N-ethyl adjacent to an activating group) is 1. The summed E-state index contributed by atoms with van der Waals surface area (Å²) in [5.41, 5.74) is 5.80. The fourth-order valence-corrected chi connectivity index (χ4v) is 1.02. The molecular weight excluding hydrogens is 124 g/mol. The monoisotopic (exact) mass is 144 g/mol. The van der Waals surface area contributed by atoms with E-state index in [0.717, 1.165) is 19.6 Å². The molecule has 0 heterocycles. The van der Waals surface area contributed by atoms with Crippen LogP contribution in [0, 0.1) is 0 Å². The predicted molar refractivity (Wildman–Crippen MR) is 46.1 cm³/mol. The fourth-order valence-electron chi connectivity index (χ4n) is 1.02. The summed E-state index contributed by atoms with van der Waals surface area (Å²) in [5.74, 6) is 0. The zero-order chi connectivity index (χ0) is 8.20. The maximum absolute atomic E-state index is 5.85. The van der Waals surface area contributed by atoms with E-state index in [0.29, 0.717) is 0 Å². The molecule has 2 heteroatoms. The molecule has 2 N–H and O–H groups in total. The van der Waals surface area contributed by atoms with Crippen LogP contribution in [-0.4, -0.2) is 30.1 Å². The van der Waals surface area contributed by atoms with Crippen molar-refractivity contribution in [1.29, 1.82) is 0 Å². The molecule has 0 aliphatic rings. The highest BCUT2D eigenvalue weighted by Crippen LogP contribution is 2.00. The Labute approximate surface area is 64.4 Å². The minimum atomic E-state index is -0.0496. The topological polar surface area (TPSA) is 29.3 Å². The van der Waals surface area contributed by atoms with Gasteiger partial charge in [-0.25, -0.2) is 0 Å². The van der Waals surface area contributed by atoms with Crippen LogP contribution >= 0.6 is 0 Å². The molecule has 0 aromatic carbocycles. The molecule has 0 atom stereocenters. The van der Waals surface area contributed by atoms with E-state index < -0.39 is 0 Å². The summed E-state index contributed by atoms with van der Waals surface area (Å²) < 4.78 is 0. The molecule has 0 aliphatic carbocycles. The molecule has 10 heavy (non-hydrogen) atoms. The molecule has 0 rings (SSSR count). The third-order valence-electron chi connectivity index (χ3n) is 1.53. The van der Waals surface area contributed by atoms with Crippen molar-refractivity contribution < 1.29 is 0 Å². The molecule has 0 aromatic rings. The van der Waals surface area contributed by atoms with Crippen LogP contribution in [0.2, 0.25) is 0 Å². The molecule has 0 radical (unpaired) electrons. The smallest absolute Gasteiger partial charge is 0.0226 e. The summed E-state index contributed by atoms with van der Waals surface area (Å²) >= 11 is 0. The van der Waals surface area contributed by atoms with Gasteiger partial charge in [-0.05, 0) is 26.9 Å². The van der Waals surface area contributed by atoms with E-state index in [1.165, 1.54) is 0 Å². The number of rotatable bonds is 4. The van der Waals surface area contributed by atoms with Crippen LogP contribution in [0.1, 0.15) is 27.7 Å². The third kappa shape index (κ3) is 4.77. The van der Waals surface area contributed by atoms with Crippen LogP contribution in [0.4, 0.5) is 0 Å². The Morgan fingerprint density at radius 1 is 1.20 bits per heavy atom. The predicted octanol–water partition coefficient (Wildman–Crippen LogP) is 1.07. The van der Waals surface area contributed by atoms with Gasteiger partial charge >= 0.3 is 0 Å². The summed E-state index contributed by atoms with van der Waals surface area (Å²) in [4.78, 5) is 2.33. The average Bonchev–Trinajstić information content (AvgIpc) is 1.81. The molecule has 0 unspecified atom stereocenters. The second kappa shape index (κ2) is 3.94. The van der Waals surface area contributed by atoms with Crippen molar-refractivity contribution in [3.05, 3.63) is 0 Å². The highest BCUT2D eigenvalue weighted by Gasteiger charge is 2.13. The van der Waals surface area contributed by atoms with Crippen LogP contribution in [0.5, 0.6) is 0 Å². The second-order valence-corrected chi connectivity index (χ2v) is 3.45. The van der Waals surface area contributed by atoms with Gasteiger partial charge in [0.1, 0.15) is 0 Å². The Morgan fingerprint density at radius 3 is 1.70 bits per heavy atom. The summed E-state index contributed by atoms with van der Waals surface area (Å²) in [6.07, 6.45) is 0. The SMILES string of the molecule is CCN(CC)CC(C)(C)N. The number of nitrogens with zero attached hydrogens (tertiary/aromatic N) is 1. The van der Waals surface area contributed by atoms with Crippen molar-refractivity contribution in [3.8, 4) is 0 Å². The number of hydrogen-bond acceptors (Lipinski definition) is 2. The normalized spacial score (nSPS) is 12.6. The van der Waals surface area contributed by atoms with E-state index in [9.17, 15) is 0 Å². The third-order valence-corrected chi connectivity index (χ3v) is 1.53. The van der Waals surface area contributed by atoms with Crippen LogP contribution < -0.4 is 5.73 Å². The fraction of sp³-hybridized carbons (Fsp3) is 1.00. The van der Waals surface area contributed by atoms with Crippen molar-refractivity contribution in [2.45, 2.75) is 33.2 Å². The molecule has 0 amide bonds. The van der Waals surface area contributed by atoms with Gasteiger partial charge in [0, 0.05) is 12.1 Å². The van der Waals surface area contributed by atoms with Crippen molar-refractivity contribution in [2.75, 3.05) is 19.6 Å². The molecule has 0 saturated heterocycles. The van der Waals surface area contributed by atoms with Gasteiger partial charge in [0.05, 0.1) is 0 Å². The lowest BCUT2D eigenvalue weighted by Gasteiger charge is -2.27. The van der Waals surface area contributed by atoms with Crippen molar-refractivity contribution in [3.63, 3.8) is 0 Å². The van der Waals surface area contributed by atoms with Crippen molar-refractivity contribution in [1.82, 2.24) is 4.90 Å². The Morgan fingerprint density at radius 2 is 1.60 bits per heavy atom. The molecule has 0 fully saturated rings. The molecule has 0 aromatic heterocycles. The van der Waals surface area contributed by atoms with Gasteiger partial charge in [-0.2, -0.15) is 0 Å². The summed E-state index contributed by atoms with van der Waals surface area (Å²) in [6, 6.07) is 0.